The van der Waals surface area contributed by atoms with Gasteiger partial charge in [0.1, 0.15) is 10.8 Å². The number of cyclic esters (lactones) is 1. The number of sulfone groups is 1. The quantitative estimate of drug-likeness (QED) is 0.701. The molecule has 1 aliphatic carbocycles. The number of hydrogen-bond donors (Lipinski definition) is 0. The van der Waals surface area contributed by atoms with Crippen LogP contribution >= 0.6 is 11.3 Å². The van der Waals surface area contributed by atoms with Crippen LogP contribution in [0.3, 0.4) is 0 Å². The molecule has 1 atom stereocenters. The van der Waals surface area contributed by atoms with Crippen LogP contribution < -0.4 is 0 Å². The van der Waals surface area contributed by atoms with Gasteiger partial charge in [-0.15, -0.1) is 11.3 Å². The van der Waals surface area contributed by atoms with Gasteiger partial charge in [-0.05, 0) is 37.2 Å². The first-order chi connectivity index (χ1) is 14.2. The fourth-order valence-electron chi connectivity index (χ4n) is 4.62. The van der Waals surface area contributed by atoms with E-state index in [1.54, 1.807) is 4.90 Å². The van der Waals surface area contributed by atoms with E-state index in [0.717, 1.165) is 23.3 Å². The first-order valence-electron chi connectivity index (χ1n) is 10.4. The lowest BCUT2D eigenvalue weighted by molar-refractivity contribution is 0.0623. The van der Waals surface area contributed by atoms with Gasteiger partial charge in [0.25, 0.3) is 5.91 Å². The van der Waals surface area contributed by atoms with Crippen molar-refractivity contribution >= 4 is 39.3 Å². The van der Waals surface area contributed by atoms with Crippen molar-refractivity contribution in [2.45, 2.75) is 55.8 Å². The molecule has 2 amide bonds. The molecule has 3 aliphatic rings. The Hall–Kier alpha value is -1.87. The molecule has 1 aromatic rings. The number of carbonyl (C=O) groups excluding carboxylic acids is 2. The summed E-state index contributed by atoms with van der Waals surface area (Å²) in [4.78, 5) is 29.8. The van der Waals surface area contributed by atoms with Crippen LogP contribution in [0.5, 0.6) is 0 Å². The topological polar surface area (TPSA) is 84.0 Å². The van der Waals surface area contributed by atoms with E-state index < -0.39 is 9.84 Å². The molecule has 0 radical (unpaired) electrons. The van der Waals surface area contributed by atoms with E-state index in [2.05, 4.69) is 13.8 Å². The lowest BCUT2D eigenvalue weighted by Gasteiger charge is -2.38. The van der Waals surface area contributed by atoms with E-state index in [-0.39, 0.29) is 28.3 Å². The van der Waals surface area contributed by atoms with Crippen molar-refractivity contribution in [3.05, 3.63) is 22.1 Å². The van der Waals surface area contributed by atoms with Gasteiger partial charge >= 0.3 is 6.09 Å². The highest BCUT2D eigenvalue weighted by atomic mass is 32.2. The molecule has 2 aliphatic heterocycles. The molecule has 0 bridgehead atoms. The summed E-state index contributed by atoms with van der Waals surface area (Å²) < 4.78 is 30.0. The first-order valence-corrected chi connectivity index (χ1v) is 13.2. The van der Waals surface area contributed by atoms with Crippen LogP contribution in [-0.2, 0) is 21.0 Å². The molecule has 0 N–H and O–H groups in total. The number of allylic oxidation sites excluding steroid dienone is 1. The van der Waals surface area contributed by atoms with Gasteiger partial charge in [0.2, 0.25) is 0 Å². The number of rotatable bonds is 4. The highest BCUT2D eigenvalue weighted by molar-refractivity contribution is 7.92. The van der Waals surface area contributed by atoms with Gasteiger partial charge < -0.3 is 9.64 Å². The SMILES string of the molecule is CC(C)C1COC(=O)N1C1CCN(C(=O)c2sc(S(C)(=O)=O)c3c2CCC=C3)CC1. The van der Waals surface area contributed by atoms with E-state index >= 15 is 0 Å². The molecule has 3 heterocycles. The van der Waals surface area contributed by atoms with E-state index in [1.165, 1.54) is 6.26 Å². The minimum Gasteiger partial charge on any atom is -0.447 e. The van der Waals surface area contributed by atoms with Gasteiger partial charge in [-0.1, -0.05) is 26.0 Å². The Balaban J connectivity index is 1.51. The highest BCUT2D eigenvalue weighted by Gasteiger charge is 2.41. The van der Waals surface area contributed by atoms with E-state index in [4.69, 9.17) is 4.74 Å². The van der Waals surface area contributed by atoms with Crippen LogP contribution in [0.2, 0.25) is 0 Å². The Labute approximate surface area is 181 Å². The van der Waals surface area contributed by atoms with Crippen molar-refractivity contribution in [1.29, 1.82) is 0 Å². The van der Waals surface area contributed by atoms with Crippen LogP contribution in [-0.4, -0.2) is 68.3 Å². The Bertz CT molecular complexity index is 987. The smallest absolute Gasteiger partial charge is 0.410 e. The average Bonchev–Trinajstić information content (AvgIpc) is 3.28. The van der Waals surface area contributed by atoms with Gasteiger partial charge in [-0.25, -0.2) is 13.2 Å². The van der Waals surface area contributed by atoms with Crippen molar-refractivity contribution < 1.29 is 22.7 Å². The monoisotopic (exact) mass is 452 g/mol. The number of nitrogens with zero attached hydrogens (tertiary/aromatic N) is 2. The number of amides is 2. The van der Waals surface area contributed by atoms with Crippen molar-refractivity contribution in [1.82, 2.24) is 9.80 Å². The Morgan fingerprint density at radius 1 is 1.27 bits per heavy atom. The Kier molecular flexibility index (Phi) is 5.69. The fraction of sp³-hybridized carbons (Fsp3) is 0.619. The van der Waals surface area contributed by atoms with Gasteiger partial charge in [0, 0.05) is 31.0 Å². The lowest BCUT2D eigenvalue weighted by Crippen LogP contribution is -2.50. The van der Waals surface area contributed by atoms with Crippen LogP contribution in [0.1, 0.15) is 53.9 Å². The average molecular weight is 453 g/mol. The number of likely N-dealkylation sites (tertiary alicyclic amines) is 1. The van der Waals surface area contributed by atoms with Gasteiger partial charge in [-0.2, -0.15) is 0 Å². The van der Waals surface area contributed by atoms with Crippen molar-refractivity contribution in [2.24, 2.45) is 5.92 Å². The molecule has 9 heteroatoms. The summed E-state index contributed by atoms with van der Waals surface area (Å²) in [5.74, 6) is 0.223. The molecule has 2 fully saturated rings. The molecule has 164 valence electrons. The molecule has 4 rings (SSSR count). The summed E-state index contributed by atoms with van der Waals surface area (Å²) in [6.45, 7) is 5.71. The fourth-order valence-corrected chi connectivity index (χ4v) is 7.10. The van der Waals surface area contributed by atoms with Crippen molar-refractivity contribution in [3.8, 4) is 0 Å². The number of fused-ring (bicyclic) bond motifs is 1. The largest absolute Gasteiger partial charge is 0.447 e. The highest BCUT2D eigenvalue weighted by Crippen LogP contribution is 2.38. The van der Waals surface area contributed by atoms with Crippen LogP contribution in [0.15, 0.2) is 10.3 Å². The summed E-state index contributed by atoms with van der Waals surface area (Å²) in [6, 6.07) is 0.154. The predicted molar refractivity (Wildman–Crippen MR) is 116 cm³/mol. The third-order valence-corrected chi connectivity index (χ3v) is 9.33. The minimum absolute atomic E-state index is 0.0724. The Morgan fingerprint density at radius 2 is 1.97 bits per heavy atom. The van der Waals surface area contributed by atoms with E-state index in [1.807, 2.05) is 17.1 Å². The Morgan fingerprint density at radius 3 is 2.60 bits per heavy atom. The second-order valence-electron chi connectivity index (χ2n) is 8.64. The van der Waals surface area contributed by atoms with E-state index in [0.29, 0.717) is 55.3 Å². The van der Waals surface area contributed by atoms with Crippen LogP contribution in [0.4, 0.5) is 4.79 Å². The third kappa shape index (κ3) is 3.77. The van der Waals surface area contributed by atoms with Crippen molar-refractivity contribution in [3.63, 3.8) is 0 Å². The maximum Gasteiger partial charge on any atom is 0.410 e. The minimum atomic E-state index is -3.39. The van der Waals surface area contributed by atoms with Gasteiger partial charge in [0.05, 0.1) is 10.9 Å². The van der Waals surface area contributed by atoms with Gasteiger partial charge in [0.15, 0.2) is 9.84 Å². The van der Waals surface area contributed by atoms with E-state index in [9.17, 15) is 18.0 Å². The van der Waals surface area contributed by atoms with Crippen LogP contribution in [0.25, 0.3) is 6.08 Å². The summed E-state index contributed by atoms with van der Waals surface area (Å²) in [7, 11) is -3.39. The number of ether oxygens (including phenoxy) is 1. The summed E-state index contributed by atoms with van der Waals surface area (Å²) >= 11 is 1.10. The molecule has 2 saturated heterocycles. The molecule has 1 unspecified atom stereocenters. The number of thiophene rings is 1. The summed E-state index contributed by atoms with van der Waals surface area (Å²) in [6.07, 6.45) is 7.64. The number of hydrogen-bond acceptors (Lipinski definition) is 6. The zero-order valence-corrected chi connectivity index (χ0v) is 19.2. The standard InChI is InChI=1S/C21H28N2O5S2/c1-13(2)17-12-28-21(25)23(17)14-8-10-22(11-9-14)19(24)18-15-6-4-5-7-16(15)20(29-18)30(3,26)27/h5,7,13-14,17H,4,6,8-12H2,1-3H3. The number of carbonyl (C=O) groups is 2. The zero-order chi connectivity index (χ0) is 21.6. The second-order valence-corrected chi connectivity index (χ2v) is 11.9. The molecule has 0 spiro atoms. The predicted octanol–water partition coefficient (Wildman–Crippen LogP) is 3.19. The van der Waals surface area contributed by atoms with Crippen molar-refractivity contribution in [2.75, 3.05) is 26.0 Å². The molecule has 0 aromatic carbocycles. The molecule has 7 nitrogen and oxygen atoms in total. The lowest BCUT2D eigenvalue weighted by atomic mass is 9.96. The summed E-state index contributed by atoms with van der Waals surface area (Å²) in [5, 5.41) is 0. The molecule has 0 saturated carbocycles. The maximum atomic E-state index is 13.3. The molecule has 30 heavy (non-hydrogen) atoms. The van der Waals surface area contributed by atoms with Crippen LogP contribution in [0, 0.1) is 5.92 Å². The normalized spacial score (nSPS) is 22.5. The second kappa shape index (κ2) is 8.00. The third-order valence-electron chi connectivity index (χ3n) is 6.25. The molecular formula is C21H28N2O5S2. The molecular weight excluding hydrogens is 424 g/mol. The first kappa shape index (κ1) is 21.4. The number of piperidine rings is 1. The summed E-state index contributed by atoms with van der Waals surface area (Å²) in [5.41, 5.74) is 1.55. The zero-order valence-electron chi connectivity index (χ0n) is 17.6. The maximum absolute atomic E-state index is 13.3. The molecule has 1 aromatic heterocycles. The van der Waals surface area contributed by atoms with Gasteiger partial charge in [-0.3, -0.25) is 9.69 Å².